The summed E-state index contributed by atoms with van der Waals surface area (Å²) in [5, 5.41) is 16.6. The van der Waals surface area contributed by atoms with Gasteiger partial charge in [-0.1, -0.05) is 32.0 Å². The van der Waals surface area contributed by atoms with Gasteiger partial charge < -0.3 is 25.4 Å². The van der Waals surface area contributed by atoms with E-state index in [1.807, 2.05) is 19.9 Å². The predicted molar refractivity (Wildman–Crippen MR) is 124 cm³/mol. The first-order valence-electron chi connectivity index (χ1n) is 10.7. The Labute approximate surface area is 192 Å². The molecule has 0 spiro atoms. The Morgan fingerprint density at radius 1 is 1.21 bits per heavy atom. The molecule has 0 atom stereocenters. The molecule has 1 aliphatic heterocycles. The van der Waals surface area contributed by atoms with Crippen molar-refractivity contribution in [1.29, 1.82) is 5.41 Å². The molecule has 0 saturated carbocycles. The van der Waals surface area contributed by atoms with E-state index < -0.39 is 11.9 Å². The second kappa shape index (κ2) is 10.2. The first kappa shape index (κ1) is 23.8. The van der Waals surface area contributed by atoms with E-state index in [1.54, 1.807) is 41.3 Å². The van der Waals surface area contributed by atoms with Crippen LogP contribution in [0.4, 0.5) is 5.69 Å². The van der Waals surface area contributed by atoms with E-state index in [0.717, 1.165) is 5.56 Å². The fraction of sp³-hybridized carbons (Fsp3) is 0.333. The second-order valence-corrected chi connectivity index (χ2v) is 8.35. The summed E-state index contributed by atoms with van der Waals surface area (Å²) in [4.78, 5) is 40.0. The molecular weight excluding hydrogens is 424 g/mol. The summed E-state index contributed by atoms with van der Waals surface area (Å²) in [5.74, 6) is -1.13. The van der Waals surface area contributed by atoms with Crippen LogP contribution in [0.1, 0.15) is 41.8 Å². The molecule has 0 bridgehead atoms. The van der Waals surface area contributed by atoms with Crippen LogP contribution in [-0.4, -0.2) is 53.3 Å². The number of amides is 2. The molecule has 174 valence electrons. The highest BCUT2D eigenvalue weighted by molar-refractivity contribution is 6.10. The summed E-state index contributed by atoms with van der Waals surface area (Å²) < 4.78 is 5.88. The fourth-order valence-electron chi connectivity index (χ4n) is 3.61. The van der Waals surface area contributed by atoms with Crippen molar-refractivity contribution in [3.8, 4) is 5.75 Å². The Balaban J connectivity index is 1.90. The monoisotopic (exact) mass is 452 g/mol. The molecule has 0 radical (unpaired) electrons. The van der Waals surface area contributed by atoms with Crippen LogP contribution in [0.3, 0.4) is 0 Å². The van der Waals surface area contributed by atoms with E-state index >= 15 is 0 Å². The SMILES string of the molecule is CC(C)CN1C(=O)CN(CCC(=O)O)C(=O)c2cc(OCc3cccc(C(=N)N)c3)ccc21. The second-order valence-electron chi connectivity index (χ2n) is 8.35. The van der Waals surface area contributed by atoms with Crippen molar-refractivity contribution in [3.63, 3.8) is 0 Å². The molecule has 2 amide bonds. The standard InChI is InChI=1S/C24H28N4O5/c1-15(2)12-28-20-7-6-18(33-14-16-4-3-5-17(10-16)23(25)26)11-19(20)24(32)27(13-21(28)29)9-8-22(30)31/h3-7,10-11,15H,8-9,12-14H2,1-2H3,(H3,25,26)(H,30,31). The summed E-state index contributed by atoms with van der Waals surface area (Å²) in [6.45, 7) is 4.36. The van der Waals surface area contributed by atoms with Crippen molar-refractivity contribution in [3.05, 3.63) is 59.2 Å². The molecule has 0 aromatic heterocycles. The van der Waals surface area contributed by atoms with Crippen molar-refractivity contribution >= 4 is 29.3 Å². The van der Waals surface area contributed by atoms with Gasteiger partial charge in [0.2, 0.25) is 5.91 Å². The lowest BCUT2D eigenvalue weighted by Gasteiger charge is -2.24. The van der Waals surface area contributed by atoms with Crippen LogP contribution in [0.5, 0.6) is 5.75 Å². The summed E-state index contributed by atoms with van der Waals surface area (Å²) in [7, 11) is 0. The molecular formula is C24H28N4O5. The molecule has 4 N–H and O–H groups in total. The van der Waals surface area contributed by atoms with Crippen LogP contribution in [0.25, 0.3) is 0 Å². The zero-order chi connectivity index (χ0) is 24.1. The van der Waals surface area contributed by atoms with Gasteiger partial charge in [0.05, 0.1) is 17.7 Å². The number of hydrogen-bond donors (Lipinski definition) is 3. The number of aliphatic carboxylic acids is 1. The summed E-state index contributed by atoms with van der Waals surface area (Å²) >= 11 is 0. The third-order valence-electron chi connectivity index (χ3n) is 5.19. The van der Waals surface area contributed by atoms with Gasteiger partial charge in [-0.3, -0.25) is 19.8 Å². The largest absolute Gasteiger partial charge is 0.489 e. The Hall–Kier alpha value is -3.88. The van der Waals surface area contributed by atoms with Gasteiger partial charge in [-0.05, 0) is 35.7 Å². The number of carboxylic acid groups (broad SMARTS) is 1. The maximum atomic E-state index is 13.2. The Bertz CT molecular complexity index is 1080. The zero-order valence-electron chi connectivity index (χ0n) is 18.7. The first-order chi connectivity index (χ1) is 15.7. The molecule has 1 heterocycles. The van der Waals surface area contributed by atoms with Gasteiger partial charge in [-0.25, -0.2) is 0 Å². The Kier molecular flexibility index (Phi) is 7.32. The number of fused-ring (bicyclic) bond motifs is 1. The number of nitrogen functional groups attached to an aromatic ring is 1. The molecule has 0 aliphatic carbocycles. The van der Waals surface area contributed by atoms with Crippen LogP contribution in [0, 0.1) is 11.3 Å². The average Bonchev–Trinajstić information content (AvgIpc) is 2.86. The van der Waals surface area contributed by atoms with Crippen LogP contribution in [0.15, 0.2) is 42.5 Å². The summed E-state index contributed by atoms with van der Waals surface area (Å²) in [5.41, 5.74) is 7.72. The van der Waals surface area contributed by atoms with Crippen molar-refractivity contribution in [2.24, 2.45) is 11.7 Å². The maximum absolute atomic E-state index is 13.2. The number of carboxylic acids is 1. The highest BCUT2D eigenvalue weighted by Gasteiger charge is 2.32. The summed E-state index contributed by atoms with van der Waals surface area (Å²) in [6, 6.07) is 12.1. The van der Waals surface area contributed by atoms with E-state index in [2.05, 4.69) is 0 Å². The molecule has 9 nitrogen and oxygen atoms in total. The average molecular weight is 453 g/mol. The molecule has 0 fully saturated rings. The lowest BCUT2D eigenvalue weighted by Crippen LogP contribution is -2.41. The lowest BCUT2D eigenvalue weighted by molar-refractivity contribution is -0.137. The number of benzene rings is 2. The number of carbonyl (C=O) groups is 3. The Morgan fingerprint density at radius 2 is 1.97 bits per heavy atom. The molecule has 9 heteroatoms. The van der Waals surface area contributed by atoms with Crippen molar-refractivity contribution in [1.82, 2.24) is 4.90 Å². The van der Waals surface area contributed by atoms with E-state index in [0.29, 0.717) is 29.1 Å². The summed E-state index contributed by atoms with van der Waals surface area (Å²) in [6.07, 6.45) is -0.249. The number of anilines is 1. The zero-order valence-corrected chi connectivity index (χ0v) is 18.7. The quantitative estimate of drug-likeness (QED) is 0.395. The maximum Gasteiger partial charge on any atom is 0.305 e. The Morgan fingerprint density at radius 3 is 2.64 bits per heavy atom. The number of ether oxygens (including phenoxy) is 1. The topological polar surface area (TPSA) is 137 Å². The molecule has 33 heavy (non-hydrogen) atoms. The van der Waals surface area contributed by atoms with Crippen LogP contribution in [0.2, 0.25) is 0 Å². The van der Waals surface area contributed by atoms with Gasteiger partial charge in [-0.2, -0.15) is 0 Å². The highest BCUT2D eigenvalue weighted by Crippen LogP contribution is 2.30. The number of amidine groups is 1. The normalized spacial score (nSPS) is 13.7. The number of hydrogen-bond acceptors (Lipinski definition) is 5. The third kappa shape index (κ3) is 5.88. The van der Waals surface area contributed by atoms with Gasteiger partial charge in [0, 0.05) is 18.7 Å². The van der Waals surface area contributed by atoms with E-state index in [4.69, 9.17) is 21.0 Å². The van der Waals surface area contributed by atoms with Gasteiger partial charge in [0.15, 0.2) is 0 Å². The number of nitrogens with zero attached hydrogens (tertiary/aromatic N) is 2. The first-order valence-corrected chi connectivity index (χ1v) is 10.7. The molecule has 2 aromatic carbocycles. The molecule has 2 aromatic rings. The number of nitrogens with one attached hydrogen (secondary N) is 1. The minimum atomic E-state index is -1.04. The molecule has 0 saturated heterocycles. The molecule has 0 unspecified atom stereocenters. The fourth-order valence-corrected chi connectivity index (χ4v) is 3.61. The van der Waals surface area contributed by atoms with Crippen LogP contribution in [-0.2, 0) is 16.2 Å². The van der Waals surface area contributed by atoms with Crippen molar-refractivity contribution < 1.29 is 24.2 Å². The number of carbonyl (C=O) groups excluding carboxylic acids is 2. The predicted octanol–water partition coefficient (Wildman–Crippen LogP) is 2.47. The van der Waals surface area contributed by atoms with Crippen LogP contribution >= 0.6 is 0 Å². The van der Waals surface area contributed by atoms with Gasteiger partial charge in [0.1, 0.15) is 24.7 Å². The third-order valence-corrected chi connectivity index (χ3v) is 5.19. The van der Waals surface area contributed by atoms with Gasteiger partial charge in [0.25, 0.3) is 5.91 Å². The van der Waals surface area contributed by atoms with Crippen molar-refractivity contribution in [2.75, 3.05) is 24.5 Å². The number of rotatable bonds is 9. The van der Waals surface area contributed by atoms with E-state index in [-0.39, 0.29) is 43.8 Å². The smallest absolute Gasteiger partial charge is 0.305 e. The minimum absolute atomic E-state index is 0.0381. The van der Waals surface area contributed by atoms with E-state index in [9.17, 15) is 14.4 Å². The molecule has 1 aliphatic rings. The number of nitrogens with two attached hydrogens (primary N) is 1. The van der Waals surface area contributed by atoms with Gasteiger partial charge in [-0.15, -0.1) is 0 Å². The minimum Gasteiger partial charge on any atom is -0.489 e. The van der Waals surface area contributed by atoms with E-state index in [1.165, 1.54) is 4.90 Å². The van der Waals surface area contributed by atoms with Crippen LogP contribution < -0.4 is 15.4 Å². The molecule has 3 rings (SSSR count). The van der Waals surface area contributed by atoms with Gasteiger partial charge >= 0.3 is 5.97 Å². The lowest BCUT2D eigenvalue weighted by atomic mass is 10.1. The highest BCUT2D eigenvalue weighted by atomic mass is 16.5. The van der Waals surface area contributed by atoms with Crippen molar-refractivity contribution in [2.45, 2.75) is 26.9 Å².